The Hall–Kier alpha value is 0.369. The maximum absolute atomic E-state index is 2.48. The zero-order valence-electron chi connectivity index (χ0n) is 9.85. The van der Waals surface area contributed by atoms with Gasteiger partial charge in [0.25, 0.3) is 0 Å². The van der Waals surface area contributed by atoms with Gasteiger partial charge in [-0.1, -0.05) is 0 Å². The third-order valence-electron chi connectivity index (χ3n) is 2.17. The van der Waals surface area contributed by atoms with Gasteiger partial charge in [0.1, 0.15) is 0 Å². The summed E-state index contributed by atoms with van der Waals surface area (Å²) >= 11 is -1.64. The predicted octanol–water partition coefficient (Wildman–Crippen LogP) is 4.37. The molecule has 0 spiro atoms. The van der Waals surface area contributed by atoms with E-state index in [0.717, 1.165) is 0 Å². The molecule has 2 heteroatoms. The first-order valence-electron chi connectivity index (χ1n) is 5.08. The average Bonchev–Trinajstić information content (AvgIpc) is 2.05. The molecule has 0 aliphatic carbocycles. The summed E-state index contributed by atoms with van der Waals surface area (Å²) in [4.78, 5) is 7.43. The van der Waals surface area contributed by atoms with Gasteiger partial charge in [-0.2, -0.15) is 0 Å². The molecular formula is C12H20SSn. The van der Waals surface area contributed by atoms with Crippen molar-refractivity contribution in [2.24, 2.45) is 0 Å². The fourth-order valence-electron chi connectivity index (χ4n) is 1.25. The van der Waals surface area contributed by atoms with Gasteiger partial charge in [-0.3, -0.25) is 0 Å². The second-order valence-corrected chi connectivity index (χ2v) is 28.2. The molecule has 0 unspecified atom stereocenters. The van der Waals surface area contributed by atoms with Crippen LogP contribution in [0.1, 0.15) is 16.7 Å². The predicted molar refractivity (Wildman–Crippen MR) is 70.6 cm³/mol. The fraction of sp³-hybridized carbons (Fsp3) is 0.500. The molecule has 0 saturated heterocycles. The molecular weight excluding hydrogens is 295 g/mol. The molecule has 78 valence electrons. The van der Waals surface area contributed by atoms with Crippen molar-refractivity contribution in [2.45, 2.75) is 34.4 Å². The molecule has 0 nitrogen and oxygen atoms in total. The Kier molecular flexibility index (Phi) is 4.38. The van der Waals surface area contributed by atoms with Crippen LogP contribution in [0.15, 0.2) is 18.2 Å². The third kappa shape index (κ3) is 4.26. The van der Waals surface area contributed by atoms with Crippen LogP contribution in [0.4, 0.5) is 0 Å². The summed E-state index contributed by atoms with van der Waals surface area (Å²) in [6.45, 7) is 4.39. The summed E-state index contributed by atoms with van der Waals surface area (Å²) in [6, 6.07) is 6.77. The molecule has 1 aromatic carbocycles. The first-order valence-corrected chi connectivity index (χ1v) is 18.1. The molecule has 0 atom stereocenters. The monoisotopic (exact) mass is 316 g/mol. The van der Waals surface area contributed by atoms with Crippen LogP contribution < -0.4 is 0 Å². The molecule has 1 aromatic rings. The standard InChI is InChI=1S/C9H12S.3CH3.Sn/c1-7-3-4-8(2)9(5-7)6-10;;;;/h3-5,10H,6H2,1-2H3;3*1H3;/q;;;;+1/p-1. The zero-order valence-corrected chi connectivity index (χ0v) is 13.5. The summed E-state index contributed by atoms with van der Waals surface area (Å²) in [5.74, 6) is 1.22. The summed E-state index contributed by atoms with van der Waals surface area (Å²) in [5, 5.41) is 0. The molecule has 0 heterocycles. The minimum atomic E-state index is -1.64. The van der Waals surface area contributed by atoms with Gasteiger partial charge in [0.15, 0.2) is 0 Å². The van der Waals surface area contributed by atoms with E-state index in [-0.39, 0.29) is 0 Å². The van der Waals surface area contributed by atoms with Crippen molar-refractivity contribution in [1.29, 1.82) is 0 Å². The molecule has 0 aliphatic heterocycles. The van der Waals surface area contributed by atoms with Gasteiger partial charge in [0.05, 0.1) is 0 Å². The zero-order chi connectivity index (χ0) is 10.8. The Labute approximate surface area is 94.8 Å². The van der Waals surface area contributed by atoms with Crippen LogP contribution in [0.5, 0.6) is 0 Å². The number of hydrogen-bond acceptors (Lipinski definition) is 1. The van der Waals surface area contributed by atoms with Crippen molar-refractivity contribution >= 4 is 25.9 Å². The van der Waals surface area contributed by atoms with Crippen LogP contribution in [0.3, 0.4) is 0 Å². The van der Waals surface area contributed by atoms with E-state index in [1.165, 1.54) is 22.4 Å². The maximum atomic E-state index is 2.48. The average molecular weight is 315 g/mol. The van der Waals surface area contributed by atoms with Crippen molar-refractivity contribution in [2.75, 3.05) is 0 Å². The molecule has 0 bridgehead atoms. The number of aryl methyl sites for hydroxylation is 2. The Morgan fingerprint density at radius 3 is 2.36 bits per heavy atom. The molecule has 0 N–H and O–H groups in total. The second kappa shape index (κ2) is 4.93. The van der Waals surface area contributed by atoms with E-state index in [1.807, 2.05) is 0 Å². The van der Waals surface area contributed by atoms with Crippen molar-refractivity contribution in [1.82, 2.24) is 0 Å². The van der Waals surface area contributed by atoms with Gasteiger partial charge in [-0.05, 0) is 0 Å². The quantitative estimate of drug-likeness (QED) is 0.746. The van der Waals surface area contributed by atoms with Gasteiger partial charge in [0.2, 0.25) is 0 Å². The van der Waals surface area contributed by atoms with Gasteiger partial charge in [-0.15, -0.1) is 0 Å². The summed E-state index contributed by atoms with van der Waals surface area (Å²) in [7, 11) is 2.22. The van der Waals surface area contributed by atoms with Crippen LogP contribution in [-0.2, 0) is 5.75 Å². The van der Waals surface area contributed by atoms with Crippen molar-refractivity contribution in [3.63, 3.8) is 0 Å². The van der Waals surface area contributed by atoms with Crippen LogP contribution in [-0.4, -0.2) is 17.0 Å². The van der Waals surface area contributed by atoms with Crippen molar-refractivity contribution < 1.29 is 0 Å². The number of hydrogen-bond donors (Lipinski definition) is 0. The van der Waals surface area contributed by atoms with E-state index in [1.54, 1.807) is 0 Å². The molecule has 14 heavy (non-hydrogen) atoms. The van der Waals surface area contributed by atoms with Gasteiger partial charge < -0.3 is 0 Å². The second-order valence-electron chi connectivity index (χ2n) is 4.83. The van der Waals surface area contributed by atoms with Crippen LogP contribution in [0.2, 0.25) is 14.8 Å². The summed E-state index contributed by atoms with van der Waals surface area (Å²) in [6.07, 6.45) is 0. The summed E-state index contributed by atoms with van der Waals surface area (Å²) in [5.41, 5.74) is 4.36. The van der Waals surface area contributed by atoms with Crippen molar-refractivity contribution in [3.05, 3.63) is 34.9 Å². The SMILES string of the molecule is Cc1ccc(C)c(C[S][Sn]([CH3])([CH3])[CH3])c1. The number of rotatable bonds is 3. The van der Waals surface area contributed by atoms with Crippen LogP contribution >= 0.6 is 8.95 Å². The van der Waals surface area contributed by atoms with E-state index in [0.29, 0.717) is 0 Å². The van der Waals surface area contributed by atoms with E-state index in [9.17, 15) is 0 Å². The Morgan fingerprint density at radius 2 is 1.79 bits per heavy atom. The third-order valence-corrected chi connectivity index (χ3v) is 12.1. The first-order chi connectivity index (χ1) is 6.38. The molecule has 0 aliphatic rings. The minimum absolute atomic E-state index is 1.22. The van der Waals surface area contributed by atoms with Crippen LogP contribution in [0, 0.1) is 13.8 Å². The number of benzene rings is 1. The van der Waals surface area contributed by atoms with Gasteiger partial charge in [0, 0.05) is 0 Å². The molecule has 0 radical (unpaired) electrons. The van der Waals surface area contributed by atoms with Gasteiger partial charge in [-0.25, -0.2) is 0 Å². The first kappa shape index (κ1) is 12.4. The normalized spacial score (nSPS) is 11.8. The van der Waals surface area contributed by atoms with Crippen LogP contribution in [0.25, 0.3) is 0 Å². The molecule has 0 saturated carbocycles. The topological polar surface area (TPSA) is 0 Å². The summed E-state index contributed by atoms with van der Waals surface area (Å²) < 4.78 is 0. The Balaban J connectivity index is 2.72. The Bertz CT molecular complexity index is 313. The van der Waals surface area contributed by atoms with Gasteiger partial charge >= 0.3 is 95.2 Å². The molecule has 0 amide bonds. The van der Waals surface area contributed by atoms with E-state index in [2.05, 4.69) is 55.8 Å². The molecule has 0 fully saturated rings. The molecule has 1 rings (SSSR count). The van der Waals surface area contributed by atoms with E-state index in [4.69, 9.17) is 0 Å². The van der Waals surface area contributed by atoms with E-state index < -0.39 is 17.0 Å². The Morgan fingerprint density at radius 1 is 1.14 bits per heavy atom. The van der Waals surface area contributed by atoms with E-state index >= 15 is 0 Å². The van der Waals surface area contributed by atoms with Crippen molar-refractivity contribution in [3.8, 4) is 0 Å². The molecule has 0 aromatic heterocycles. The fourth-order valence-corrected chi connectivity index (χ4v) is 7.19.